The van der Waals surface area contributed by atoms with E-state index < -0.39 is 0 Å². The van der Waals surface area contributed by atoms with Gasteiger partial charge >= 0.3 is 0 Å². The van der Waals surface area contributed by atoms with Gasteiger partial charge in [0.2, 0.25) is 0 Å². The van der Waals surface area contributed by atoms with Crippen LogP contribution in [0.4, 0.5) is 5.69 Å². The van der Waals surface area contributed by atoms with Crippen molar-refractivity contribution in [1.82, 2.24) is 4.90 Å². The Bertz CT molecular complexity index is 391. The quantitative estimate of drug-likeness (QED) is 0.835. The second-order valence-corrected chi connectivity index (χ2v) is 5.22. The SMILES string of the molecule is CCN(Cc1ccc(N)cc1Cl)CC1CCCO1. The van der Waals surface area contributed by atoms with E-state index in [-0.39, 0.29) is 0 Å². The van der Waals surface area contributed by atoms with E-state index in [9.17, 15) is 0 Å². The van der Waals surface area contributed by atoms with Gasteiger partial charge in [-0.25, -0.2) is 0 Å². The van der Waals surface area contributed by atoms with Gasteiger partial charge < -0.3 is 10.5 Å². The third kappa shape index (κ3) is 3.61. The summed E-state index contributed by atoms with van der Waals surface area (Å²) in [6.07, 6.45) is 2.74. The van der Waals surface area contributed by atoms with Crippen LogP contribution in [0.25, 0.3) is 0 Å². The standard InChI is InChI=1S/C14H21ClN2O/c1-2-17(10-13-4-3-7-18-13)9-11-5-6-12(16)8-14(11)15/h5-6,8,13H,2-4,7,9-10,16H2,1H3. The number of hydrogen-bond acceptors (Lipinski definition) is 3. The lowest BCUT2D eigenvalue weighted by Crippen LogP contribution is -2.31. The van der Waals surface area contributed by atoms with E-state index in [4.69, 9.17) is 22.1 Å². The number of nitrogens with two attached hydrogens (primary N) is 1. The van der Waals surface area contributed by atoms with E-state index in [1.54, 1.807) is 0 Å². The predicted molar refractivity (Wildman–Crippen MR) is 75.8 cm³/mol. The maximum Gasteiger partial charge on any atom is 0.0702 e. The van der Waals surface area contributed by atoms with Crippen molar-refractivity contribution in [3.63, 3.8) is 0 Å². The molecule has 1 aliphatic rings. The number of likely N-dealkylation sites (N-methyl/N-ethyl adjacent to an activating group) is 1. The van der Waals surface area contributed by atoms with Gasteiger partial charge in [-0.2, -0.15) is 0 Å². The van der Waals surface area contributed by atoms with Crippen molar-refractivity contribution >= 4 is 17.3 Å². The minimum atomic E-state index is 0.387. The van der Waals surface area contributed by atoms with E-state index in [1.807, 2.05) is 18.2 Å². The Balaban J connectivity index is 1.96. The zero-order valence-electron chi connectivity index (χ0n) is 10.9. The van der Waals surface area contributed by atoms with Crippen LogP contribution in [-0.2, 0) is 11.3 Å². The lowest BCUT2D eigenvalue weighted by atomic mass is 10.1. The summed E-state index contributed by atoms with van der Waals surface area (Å²) in [5.41, 5.74) is 7.55. The number of anilines is 1. The molecule has 18 heavy (non-hydrogen) atoms. The molecule has 1 unspecified atom stereocenters. The van der Waals surface area contributed by atoms with E-state index in [1.165, 1.54) is 12.8 Å². The van der Waals surface area contributed by atoms with Crippen molar-refractivity contribution in [2.24, 2.45) is 0 Å². The Labute approximate surface area is 114 Å². The highest BCUT2D eigenvalue weighted by atomic mass is 35.5. The molecule has 1 atom stereocenters. The van der Waals surface area contributed by atoms with Gasteiger partial charge in [0.25, 0.3) is 0 Å². The van der Waals surface area contributed by atoms with Crippen LogP contribution in [-0.4, -0.2) is 30.7 Å². The average molecular weight is 269 g/mol. The molecule has 100 valence electrons. The first-order valence-corrected chi connectivity index (χ1v) is 6.94. The van der Waals surface area contributed by atoms with Crippen LogP contribution in [0.1, 0.15) is 25.3 Å². The van der Waals surface area contributed by atoms with Crippen molar-refractivity contribution in [2.45, 2.75) is 32.4 Å². The molecule has 1 saturated heterocycles. The van der Waals surface area contributed by atoms with Gasteiger partial charge in [0.1, 0.15) is 0 Å². The summed E-state index contributed by atoms with van der Waals surface area (Å²) in [5, 5.41) is 0.751. The normalized spacial score (nSPS) is 19.6. The van der Waals surface area contributed by atoms with Gasteiger partial charge in [-0.3, -0.25) is 4.90 Å². The summed E-state index contributed by atoms with van der Waals surface area (Å²) in [5.74, 6) is 0. The van der Waals surface area contributed by atoms with Gasteiger partial charge in [-0.05, 0) is 37.1 Å². The second-order valence-electron chi connectivity index (χ2n) is 4.81. The Hall–Kier alpha value is -0.770. The van der Waals surface area contributed by atoms with Crippen molar-refractivity contribution < 1.29 is 4.74 Å². The third-order valence-corrected chi connectivity index (χ3v) is 3.76. The van der Waals surface area contributed by atoms with Crippen LogP contribution in [0.3, 0.4) is 0 Å². The Kier molecular flexibility index (Phi) is 4.87. The highest BCUT2D eigenvalue weighted by molar-refractivity contribution is 6.31. The largest absolute Gasteiger partial charge is 0.399 e. The predicted octanol–water partition coefficient (Wildman–Crippen LogP) is 2.92. The first-order valence-electron chi connectivity index (χ1n) is 6.57. The molecule has 0 amide bonds. The number of hydrogen-bond donors (Lipinski definition) is 1. The fraction of sp³-hybridized carbons (Fsp3) is 0.571. The van der Waals surface area contributed by atoms with Crippen LogP contribution in [0.2, 0.25) is 5.02 Å². The molecule has 1 aliphatic heterocycles. The Morgan fingerprint density at radius 2 is 2.33 bits per heavy atom. The van der Waals surface area contributed by atoms with Crippen LogP contribution >= 0.6 is 11.6 Å². The molecule has 0 aromatic heterocycles. The maximum absolute atomic E-state index is 6.21. The van der Waals surface area contributed by atoms with Crippen LogP contribution in [0, 0.1) is 0 Å². The van der Waals surface area contributed by atoms with Crippen LogP contribution < -0.4 is 5.73 Å². The van der Waals surface area contributed by atoms with E-state index in [0.717, 1.165) is 36.8 Å². The van der Waals surface area contributed by atoms with Gasteiger partial charge in [-0.15, -0.1) is 0 Å². The molecule has 2 rings (SSSR count). The minimum absolute atomic E-state index is 0.387. The molecular weight excluding hydrogens is 248 g/mol. The van der Waals surface area contributed by atoms with Gasteiger partial charge in [0, 0.05) is 30.4 Å². The molecular formula is C14H21ClN2O. The minimum Gasteiger partial charge on any atom is -0.399 e. The molecule has 0 spiro atoms. The fourth-order valence-electron chi connectivity index (χ4n) is 2.31. The highest BCUT2D eigenvalue weighted by Gasteiger charge is 2.18. The molecule has 4 heteroatoms. The molecule has 0 bridgehead atoms. The number of ether oxygens (including phenoxy) is 1. The molecule has 3 nitrogen and oxygen atoms in total. The second kappa shape index (κ2) is 6.41. The molecule has 2 N–H and O–H groups in total. The zero-order valence-corrected chi connectivity index (χ0v) is 11.6. The molecule has 1 aromatic carbocycles. The summed E-state index contributed by atoms with van der Waals surface area (Å²) >= 11 is 6.21. The van der Waals surface area contributed by atoms with E-state index in [0.29, 0.717) is 11.8 Å². The molecule has 1 fully saturated rings. The lowest BCUT2D eigenvalue weighted by molar-refractivity contribution is 0.0725. The summed E-state index contributed by atoms with van der Waals surface area (Å²) in [4.78, 5) is 2.37. The summed E-state index contributed by atoms with van der Waals surface area (Å²) in [6, 6.07) is 5.73. The first-order chi connectivity index (χ1) is 8.69. The van der Waals surface area contributed by atoms with Crippen molar-refractivity contribution in [1.29, 1.82) is 0 Å². The van der Waals surface area contributed by atoms with Gasteiger partial charge in [-0.1, -0.05) is 24.6 Å². The smallest absolute Gasteiger partial charge is 0.0702 e. The van der Waals surface area contributed by atoms with Crippen LogP contribution in [0.15, 0.2) is 18.2 Å². The molecule has 0 saturated carbocycles. The summed E-state index contributed by atoms with van der Waals surface area (Å²) < 4.78 is 5.68. The van der Waals surface area contributed by atoms with Gasteiger partial charge in [0.15, 0.2) is 0 Å². The highest BCUT2D eigenvalue weighted by Crippen LogP contribution is 2.21. The van der Waals surface area contributed by atoms with Crippen molar-refractivity contribution in [3.8, 4) is 0 Å². The average Bonchev–Trinajstić information content (AvgIpc) is 2.84. The van der Waals surface area contributed by atoms with E-state index >= 15 is 0 Å². The summed E-state index contributed by atoms with van der Waals surface area (Å²) in [7, 11) is 0. The molecule has 1 aromatic rings. The topological polar surface area (TPSA) is 38.5 Å². The Morgan fingerprint density at radius 3 is 2.94 bits per heavy atom. The van der Waals surface area contributed by atoms with Crippen molar-refractivity contribution in [2.75, 3.05) is 25.4 Å². The summed E-state index contributed by atoms with van der Waals surface area (Å²) in [6.45, 7) is 5.91. The zero-order chi connectivity index (χ0) is 13.0. The van der Waals surface area contributed by atoms with Gasteiger partial charge in [0.05, 0.1) is 6.10 Å². The molecule has 0 radical (unpaired) electrons. The molecule has 0 aliphatic carbocycles. The number of nitrogens with zero attached hydrogens (tertiary/aromatic N) is 1. The van der Waals surface area contributed by atoms with Crippen molar-refractivity contribution in [3.05, 3.63) is 28.8 Å². The first kappa shape index (κ1) is 13.7. The van der Waals surface area contributed by atoms with E-state index in [2.05, 4.69) is 11.8 Å². The maximum atomic E-state index is 6.21. The van der Waals surface area contributed by atoms with Crippen LogP contribution in [0.5, 0.6) is 0 Å². The third-order valence-electron chi connectivity index (χ3n) is 3.40. The number of halogens is 1. The number of rotatable bonds is 5. The monoisotopic (exact) mass is 268 g/mol. The fourth-order valence-corrected chi connectivity index (χ4v) is 2.56. The lowest BCUT2D eigenvalue weighted by Gasteiger charge is -2.24. The Morgan fingerprint density at radius 1 is 1.50 bits per heavy atom. The number of nitrogen functional groups attached to an aromatic ring is 1. The molecule has 1 heterocycles. The number of benzene rings is 1.